The Kier molecular flexibility index (Phi) is 31.4. The number of nitrogens with zero attached hydrogens (tertiary/aromatic N) is 10. The maximum atomic E-state index is 16.5. The molecule has 124 heavy (non-hydrogen) atoms. The predicted octanol–water partition coefficient (Wildman–Crippen LogP) is 9.15. The molecule has 1 saturated carbocycles. The van der Waals surface area contributed by atoms with Gasteiger partial charge in [0.2, 0.25) is 41.4 Å². The summed E-state index contributed by atoms with van der Waals surface area (Å²) < 4.78 is 121. The number of benzene rings is 5. The average molecular weight is 1770 g/mol. The van der Waals surface area contributed by atoms with Gasteiger partial charge in [0.15, 0.2) is 0 Å². The van der Waals surface area contributed by atoms with Crippen LogP contribution in [0.5, 0.6) is 23.0 Å². The van der Waals surface area contributed by atoms with Crippen LogP contribution in [0.1, 0.15) is 85.3 Å². The number of ether oxygens (including phenoxy) is 6. The van der Waals surface area contributed by atoms with Crippen molar-refractivity contribution in [2.24, 2.45) is 13.0 Å². The van der Waals surface area contributed by atoms with Crippen molar-refractivity contribution in [2.75, 3.05) is 90.8 Å². The smallest absolute Gasteiger partial charge is 0.433 e. The number of aromatic nitrogens is 6. The number of carbonyl (C=O) groups is 5. The monoisotopic (exact) mass is 1770 g/mol. The molecule has 666 valence electrons. The molecule has 5 aromatic carbocycles. The Morgan fingerprint density at radius 2 is 1.25 bits per heavy atom. The fourth-order valence-electron chi connectivity index (χ4n) is 15.7. The molecular weight excluding hydrogens is 1670 g/mol. The Hall–Kier alpha value is -10.5. The molecule has 3 aromatic heterocycles. The summed E-state index contributed by atoms with van der Waals surface area (Å²) in [6.45, 7) is -1.91. The summed E-state index contributed by atoms with van der Waals surface area (Å²) in [6, 6.07) is 26.6. The maximum absolute atomic E-state index is 16.5. The van der Waals surface area contributed by atoms with Gasteiger partial charge < -0.3 is 99.6 Å². The minimum absolute atomic E-state index is 0.0172. The summed E-state index contributed by atoms with van der Waals surface area (Å²) in [5.41, 5.74) is 1.13. The van der Waals surface area contributed by atoms with Crippen molar-refractivity contribution in [2.45, 2.75) is 169 Å². The van der Waals surface area contributed by atoms with Gasteiger partial charge in [-0.15, -0.1) is 0 Å². The van der Waals surface area contributed by atoms with Crippen LogP contribution in [0.15, 0.2) is 146 Å². The lowest BCUT2D eigenvalue weighted by atomic mass is 9.87. The van der Waals surface area contributed by atoms with Gasteiger partial charge in [-0.05, 0) is 137 Å². The molecule has 0 spiro atoms. The first-order valence-corrected chi connectivity index (χ1v) is 41.4. The Morgan fingerprint density at radius 1 is 0.637 bits per heavy atom. The number of carbonyl (C=O) groups excluding carboxylic acids is 5. The lowest BCUT2D eigenvalue weighted by Crippen LogP contribution is -2.59. The molecule has 38 heteroatoms. The van der Waals surface area contributed by atoms with Crippen molar-refractivity contribution in [3.8, 4) is 34.3 Å². The normalized spacial score (nSPS) is 24.2. The van der Waals surface area contributed by atoms with Gasteiger partial charge in [0, 0.05) is 99.4 Å². The SMILES string of the molecule is COC[C@@H]1NC(=O)[C@H](CCCNc2cc(OC[C@H]3OC[C@H](Nc4nccc(C(F)(F)F)n4)[C@@H](O)[C@H]3O)ccc2OC[C@H]2OC[C@H](Nc3nccc(C(F)(F)F)n3)[C@@H](O)[C@H]2O)N(Cc2ccc(Cl)cc2Oc2ccc(-c3cnc(CN(C)C)n3C)cc2)C(=O)C[C@@H](Cc2ccccc2)C(=O)N(C)[C@H]2CCCC[C@@H]2NC(=O)C[C@H](Cc2ccc(Cl)cc2)N(C)C1=O. The first-order chi connectivity index (χ1) is 59.2. The van der Waals surface area contributed by atoms with Crippen LogP contribution in [0.3, 0.4) is 0 Å². The Labute approximate surface area is 722 Å². The van der Waals surface area contributed by atoms with Crippen LogP contribution in [0.25, 0.3) is 11.3 Å². The van der Waals surface area contributed by atoms with Gasteiger partial charge in [-0.25, -0.2) is 24.9 Å². The molecular formula is C86H101Cl2F6N15O15. The number of hydrogen-bond acceptors (Lipinski definition) is 24. The van der Waals surface area contributed by atoms with Gasteiger partial charge in [-0.3, -0.25) is 24.0 Å². The summed E-state index contributed by atoms with van der Waals surface area (Å²) in [5.74, 6) is -3.49. The number of halogens is 8. The Bertz CT molecular complexity index is 4940. The number of methoxy groups -OCH3 is 1. The van der Waals surface area contributed by atoms with Gasteiger partial charge in [-0.2, -0.15) is 26.3 Å². The predicted molar refractivity (Wildman–Crippen MR) is 445 cm³/mol. The van der Waals surface area contributed by atoms with E-state index in [1.807, 2.05) is 73.1 Å². The van der Waals surface area contributed by atoms with Crippen molar-refractivity contribution >= 4 is 70.3 Å². The second-order valence-corrected chi connectivity index (χ2v) is 32.4. The maximum Gasteiger partial charge on any atom is 0.433 e. The summed E-state index contributed by atoms with van der Waals surface area (Å²) in [5, 5.41) is 61.1. The highest BCUT2D eigenvalue weighted by molar-refractivity contribution is 6.31. The molecule has 8 aromatic rings. The second kappa shape index (κ2) is 42.0. The van der Waals surface area contributed by atoms with E-state index in [2.05, 4.69) is 51.5 Å². The molecule has 1 aliphatic carbocycles. The standard InChI is InChI=1S/C86H101Cl2F6N15O15/c1-105(2)43-73-98-41-66(107(73)4)51-21-26-57(27-22-51)124-68-38-55(88)25-20-52(68)42-109-65(80(116)100-63(44-119-6)82(118)106(3)56(36-50-18-23-54(87)24-19-50)39-74(110)99-59-15-10-11-16-64(59)108(5)81(117)53(37-75(109)111)35-49-13-8-7-9-14-49)17-12-32-95-60-40-58(120-47-69-78(114)76(112)61(45-121-69)101-83-96-33-30-71(103-83)85(89,90)91)28-29-67(60)123-48-70-79(115)77(113)62(46-122-70)102-84-97-34-31-72(104-84)86(92,93)94/h7-9,13-14,18-31,33-34,38,40-41,53,56,59,61-65,69-70,76-79,95,112-115H,10-12,15-17,32,35-37,39,42-48H2,1-6H3,(H,99,110)(H,100,116)(H,96,101,103)(H,97,102,104)/t53-,56+,59+,61+,62+,63+,64+,65+,69-,70-,76-,77-,78+,79+/m1/s1. The molecule has 4 fully saturated rings. The van der Waals surface area contributed by atoms with Crippen LogP contribution in [0.4, 0.5) is 43.9 Å². The molecule has 0 radical (unpaired) electrons. The number of imidazole rings is 1. The molecule has 4 aliphatic rings. The number of likely N-dealkylation sites (N-methyl/N-ethyl adjacent to an activating group) is 2. The zero-order valence-electron chi connectivity index (χ0n) is 68.9. The Balaban J connectivity index is 0.893. The molecule has 3 aliphatic heterocycles. The zero-order chi connectivity index (χ0) is 88.7. The molecule has 6 heterocycles. The number of hydrogen-bond donors (Lipinski definition) is 9. The number of aliphatic hydroxyl groups is 4. The fraction of sp³-hybridized carbons (Fsp3) is 0.465. The summed E-state index contributed by atoms with van der Waals surface area (Å²) in [6.07, 6.45) is -13.6. The molecule has 5 amide bonds. The third kappa shape index (κ3) is 24.1. The fourth-order valence-corrected chi connectivity index (χ4v) is 16.0. The summed E-state index contributed by atoms with van der Waals surface area (Å²) in [7, 11) is 10.4. The first kappa shape index (κ1) is 92.6. The summed E-state index contributed by atoms with van der Waals surface area (Å²) in [4.78, 5) is 104. The lowest BCUT2D eigenvalue weighted by molar-refractivity contribution is -0.150. The van der Waals surface area contributed by atoms with Crippen LogP contribution in [-0.4, -0.2) is 253 Å². The van der Waals surface area contributed by atoms with Gasteiger partial charge in [0.05, 0.1) is 74.5 Å². The van der Waals surface area contributed by atoms with E-state index in [-0.39, 0.29) is 86.4 Å². The highest BCUT2D eigenvalue weighted by Gasteiger charge is 2.45. The largest absolute Gasteiger partial charge is 0.491 e. The van der Waals surface area contributed by atoms with Crippen molar-refractivity contribution in [1.29, 1.82) is 0 Å². The molecule has 0 unspecified atom stereocenters. The van der Waals surface area contributed by atoms with E-state index in [0.717, 1.165) is 53.4 Å². The molecule has 9 N–H and O–H groups in total. The Morgan fingerprint density at radius 3 is 1.88 bits per heavy atom. The van der Waals surface area contributed by atoms with Gasteiger partial charge in [0.1, 0.15) is 102 Å². The molecule has 3 saturated heterocycles. The number of aliphatic hydroxyl groups excluding tert-OH is 4. The van der Waals surface area contributed by atoms with Crippen molar-refractivity contribution in [3.63, 3.8) is 0 Å². The highest BCUT2D eigenvalue weighted by atomic mass is 35.5. The summed E-state index contributed by atoms with van der Waals surface area (Å²) >= 11 is 13.2. The van der Waals surface area contributed by atoms with E-state index >= 15 is 19.2 Å². The third-order valence-corrected chi connectivity index (χ3v) is 23.0. The zero-order valence-corrected chi connectivity index (χ0v) is 70.5. The molecule has 30 nitrogen and oxygen atoms in total. The number of nitrogens with one attached hydrogen (secondary N) is 5. The third-order valence-electron chi connectivity index (χ3n) is 22.5. The van der Waals surface area contributed by atoms with Gasteiger partial charge in [0.25, 0.3) is 0 Å². The first-order valence-electron chi connectivity index (χ1n) is 40.6. The van der Waals surface area contributed by atoms with E-state index in [1.165, 1.54) is 42.2 Å². The molecule has 0 bridgehead atoms. The quantitative estimate of drug-likeness (QED) is 0.0163. The van der Waals surface area contributed by atoms with E-state index < -0.39 is 176 Å². The van der Waals surface area contributed by atoms with Crippen molar-refractivity contribution in [1.82, 2.24) is 59.7 Å². The highest BCUT2D eigenvalue weighted by Crippen LogP contribution is 2.38. The van der Waals surface area contributed by atoms with E-state index in [1.54, 1.807) is 72.7 Å². The van der Waals surface area contributed by atoms with E-state index in [0.29, 0.717) is 47.9 Å². The number of amides is 5. The number of alkyl halides is 6. The minimum Gasteiger partial charge on any atom is -0.491 e. The van der Waals surface area contributed by atoms with Crippen LogP contribution >= 0.6 is 23.2 Å². The molecule has 14 atom stereocenters. The van der Waals surface area contributed by atoms with E-state index in [9.17, 15) is 51.6 Å². The van der Waals surface area contributed by atoms with Crippen LogP contribution in [0, 0.1) is 5.92 Å². The number of anilines is 3. The van der Waals surface area contributed by atoms with Gasteiger partial charge >= 0.3 is 12.4 Å². The van der Waals surface area contributed by atoms with Crippen LogP contribution in [0.2, 0.25) is 10.0 Å². The van der Waals surface area contributed by atoms with Crippen molar-refractivity contribution in [3.05, 3.63) is 190 Å². The van der Waals surface area contributed by atoms with E-state index in [4.69, 9.17) is 51.6 Å². The topological polar surface area (TPSA) is 364 Å². The minimum atomic E-state index is -4.82. The average Bonchev–Trinajstić information content (AvgIpc) is 0.897. The lowest BCUT2D eigenvalue weighted by Gasteiger charge is -2.40. The second-order valence-electron chi connectivity index (χ2n) is 31.6. The van der Waals surface area contributed by atoms with Crippen molar-refractivity contribution < 1.29 is 99.2 Å². The van der Waals surface area contributed by atoms with Gasteiger partial charge in [-0.1, -0.05) is 84.6 Å². The number of fused-ring (bicyclic) bond motifs is 1. The van der Waals surface area contributed by atoms with Crippen LogP contribution in [-0.2, 0) is 83.5 Å². The number of rotatable bonds is 28. The molecule has 12 rings (SSSR count). The van der Waals surface area contributed by atoms with Crippen LogP contribution < -0.4 is 40.8 Å².